The summed E-state index contributed by atoms with van der Waals surface area (Å²) in [6.45, 7) is -0.250. The van der Waals surface area contributed by atoms with Crippen molar-refractivity contribution in [3.8, 4) is 0 Å². The van der Waals surface area contributed by atoms with E-state index in [1.807, 2.05) is 0 Å². The second kappa shape index (κ2) is 12.1. The minimum Gasteiger partial charge on any atom is -0.483 e. The summed E-state index contributed by atoms with van der Waals surface area (Å²) in [5.41, 5.74) is 0. The third kappa shape index (κ3) is 17600. The molecule has 2 nitrogen and oxygen atoms in total. The molecule has 0 aromatic heterocycles. The fourth-order valence-corrected chi connectivity index (χ4v) is 0. The van der Waals surface area contributed by atoms with Crippen molar-refractivity contribution in [3.63, 3.8) is 0 Å². The maximum Gasteiger partial charge on any atom is 3.00 e. The van der Waals surface area contributed by atoms with Gasteiger partial charge in [0.2, 0.25) is 0 Å². The minimum absolute atomic E-state index is 0. The molecular weight excluding hydrogens is 99.9 g/mol. The van der Waals surface area contributed by atoms with Crippen molar-refractivity contribution in [2.75, 3.05) is 0 Å². The third-order valence-electron chi connectivity index (χ3n) is 0. The van der Waals surface area contributed by atoms with E-state index in [0.29, 0.717) is 0 Å². The van der Waals surface area contributed by atoms with E-state index in [-0.39, 0.29) is 23.5 Å². The van der Waals surface area contributed by atoms with Crippen molar-refractivity contribution >= 4 is 6.47 Å². The molecule has 1 radical (unpaired) electrons. The molecule has 0 rings (SSSR count). The predicted octanol–water partition coefficient (Wildman–Crippen LogP) is -0.302. The molecule has 0 saturated heterocycles. The summed E-state index contributed by atoms with van der Waals surface area (Å²) < 4.78 is 0. The molecule has 4 heavy (non-hydrogen) atoms. The van der Waals surface area contributed by atoms with E-state index in [0.717, 1.165) is 0 Å². The molecule has 0 aromatic carbocycles. The van der Waals surface area contributed by atoms with Crippen LogP contribution in [0.15, 0.2) is 0 Å². The molecule has 0 bridgehead atoms. The van der Waals surface area contributed by atoms with Crippen molar-refractivity contribution in [2.24, 2.45) is 0 Å². The van der Waals surface area contributed by atoms with Crippen LogP contribution in [0, 0.1) is 0 Å². The van der Waals surface area contributed by atoms with Gasteiger partial charge in [-0.3, -0.25) is 4.79 Å². The maximum absolute atomic E-state index is 8.36. The molecule has 0 aromatic rings. The molecule has 0 aliphatic carbocycles. The number of carbonyl (C=O) groups is 1. The normalized spacial score (nSPS) is 3.00. The van der Waals surface area contributed by atoms with Gasteiger partial charge in [-0.05, 0) is 0 Å². The molecule has 0 aliphatic heterocycles. The summed E-state index contributed by atoms with van der Waals surface area (Å²) in [6.07, 6.45) is 0. The molecule has 0 fully saturated rings. The van der Waals surface area contributed by atoms with Gasteiger partial charge in [-0.2, -0.15) is 0 Å². The van der Waals surface area contributed by atoms with Crippen LogP contribution in [0.3, 0.4) is 0 Å². The molecule has 3 heteroatoms. The van der Waals surface area contributed by atoms with Crippen molar-refractivity contribution in [1.82, 2.24) is 0 Å². The van der Waals surface area contributed by atoms with Crippen LogP contribution in [0.4, 0.5) is 0 Å². The fourth-order valence-electron chi connectivity index (χ4n) is 0. The smallest absolute Gasteiger partial charge is 0.483 e. The minimum atomic E-state index is -0.250. The summed E-state index contributed by atoms with van der Waals surface area (Å²) in [6, 6.07) is 0. The monoisotopic (exact) mass is 102 g/mol. The number of hydrogen-bond donors (Lipinski definition) is 1. The quantitative estimate of drug-likeness (QED) is 0.336. The SMILES string of the molecule is O=CO.[Fe+3]. The van der Waals surface area contributed by atoms with Gasteiger partial charge < -0.3 is 5.11 Å². The number of rotatable bonds is 0. The topological polar surface area (TPSA) is 37.3 Å². The van der Waals surface area contributed by atoms with Crippen LogP contribution in [0.1, 0.15) is 0 Å². The molecular formula is CH2FeO2+3. The van der Waals surface area contributed by atoms with E-state index < -0.39 is 0 Å². The Morgan fingerprint density at radius 1 is 1.75 bits per heavy atom. The predicted molar refractivity (Wildman–Crippen MR) is 8.69 cm³/mol. The Morgan fingerprint density at radius 3 is 1.75 bits per heavy atom. The van der Waals surface area contributed by atoms with Gasteiger partial charge in [-0.1, -0.05) is 0 Å². The van der Waals surface area contributed by atoms with Crippen LogP contribution in [0.2, 0.25) is 0 Å². The first kappa shape index (κ1) is 9.01. The first-order valence-electron chi connectivity index (χ1n) is 0.494. The molecule has 0 heterocycles. The summed E-state index contributed by atoms with van der Waals surface area (Å²) in [4.78, 5) is 8.36. The molecule has 23 valence electrons. The van der Waals surface area contributed by atoms with Gasteiger partial charge in [0.05, 0.1) is 0 Å². The fraction of sp³-hybridized carbons (Fsp3) is 0. The van der Waals surface area contributed by atoms with E-state index in [1.54, 1.807) is 0 Å². The van der Waals surface area contributed by atoms with Crippen LogP contribution in [-0.4, -0.2) is 11.6 Å². The Hall–Kier alpha value is -0.0105. The molecule has 0 unspecified atom stereocenters. The zero-order valence-electron chi connectivity index (χ0n) is 1.79. The maximum atomic E-state index is 8.36. The summed E-state index contributed by atoms with van der Waals surface area (Å²) in [7, 11) is 0. The van der Waals surface area contributed by atoms with Crippen LogP contribution >= 0.6 is 0 Å². The zero-order chi connectivity index (χ0) is 2.71. The van der Waals surface area contributed by atoms with Gasteiger partial charge in [0.15, 0.2) is 0 Å². The molecule has 0 saturated carbocycles. The average molecular weight is 102 g/mol. The molecule has 1 N–H and O–H groups in total. The van der Waals surface area contributed by atoms with E-state index in [2.05, 4.69) is 0 Å². The van der Waals surface area contributed by atoms with Gasteiger partial charge >= 0.3 is 17.1 Å². The van der Waals surface area contributed by atoms with Crippen molar-refractivity contribution in [3.05, 3.63) is 0 Å². The molecule has 0 spiro atoms. The van der Waals surface area contributed by atoms with Gasteiger partial charge in [-0.15, -0.1) is 0 Å². The summed E-state index contributed by atoms with van der Waals surface area (Å²) >= 11 is 0. The van der Waals surface area contributed by atoms with Crippen LogP contribution in [-0.2, 0) is 21.9 Å². The summed E-state index contributed by atoms with van der Waals surface area (Å²) in [5, 5.41) is 6.89. The van der Waals surface area contributed by atoms with Gasteiger partial charge in [0.25, 0.3) is 6.47 Å². The van der Waals surface area contributed by atoms with Gasteiger partial charge in [0, 0.05) is 0 Å². The van der Waals surface area contributed by atoms with Crippen molar-refractivity contribution in [1.29, 1.82) is 0 Å². The van der Waals surface area contributed by atoms with E-state index in [9.17, 15) is 0 Å². The molecule has 0 aliphatic rings. The Morgan fingerprint density at radius 2 is 1.75 bits per heavy atom. The van der Waals surface area contributed by atoms with Crippen molar-refractivity contribution < 1.29 is 27.0 Å². The van der Waals surface area contributed by atoms with E-state index in [4.69, 9.17) is 9.90 Å². The van der Waals surface area contributed by atoms with Crippen LogP contribution in [0.5, 0.6) is 0 Å². The van der Waals surface area contributed by atoms with Crippen molar-refractivity contribution in [2.45, 2.75) is 0 Å². The van der Waals surface area contributed by atoms with E-state index in [1.165, 1.54) is 0 Å². The standard InChI is InChI=1S/CH2O2.Fe/c2-1-3;/h1H,(H,2,3);/q;+3. The van der Waals surface area contributed by atoms with Gasteiger partial charge in [0.1, 0.15) is 0 Å². The number of carboxylic acid groups (broad SMARTS) is 1. The van der Waals surface area contributed by atoms with Gasteiger partial charge in [-0.25, -0.2) is 0 Å². The Labute approximate surface area is 34.3 Å². The zero-order valence-corrected chi connectivity index (χ0v) is 2.89. The average Bonchev–Trinajstić information content (AvgIpc) is 0.918. The summed E-state index contributed by atoms with van der Waals surface area (Å²) in [5.74, 6) is 0. The second-order valence-electron chi connectivity index (χ2n) is 0.105. The van der Waals surface area contributed by atoms with Crippen LogP contribution in [0.25, 0.3) is 0 Å². The molecule has 0 atom stereocenters. The Kier molecular flexibility index (Phi) is 27.2. The van der Waals surface area contributed by atoms with Crippen LogP contribution < -0.4 is 0 Å². The third-order valence-corrected chi connectivity index (χ3v) is 0. The number of hydrogen-bond acceptors (Lipinski definition) is 1. The largest absolute Gasteiger partial charge is 3.00 e. The second-order valence-corrected chi connectivity index (χ2v) is 0.105. The molecule has 0 amide bonds. The Bertz CT molecular complexity index is 13.5. The van der Waals surface area contributed by atoms with E-state index >= 15 is 0 Å². The Balaban J connectivity index is 0. The first-order valence-corrected chi connectivity index (χ1v) is 0.494. The first-order chi connectivity index (χ1) is 1.41.